The molecule has 0 amide bonds. The van der Waals surface area contributed by atoms with Gasteiger partial charge in [-0.15, -0.1) is 0 Å². The summed E-state index contributed by atoms with van der Waals surface area (Å²) in [6, 6.07) is 0.431. The number of nitrogens with two attached hydrogens (primary N) is 1. The number of nitrogens with zero attached hydrogens (tertiary/aromatic N) is 1. The van der Waals surface area contributed by atoms with Crippen LogP contribution in [0, 0.1) is 11.8 Å². The van der Waals surface area contributed by atoms with E-state index in [1.165, 1.54) is 45.2 Å². The average molecular weight is 280 g/mol. The van der Waals surface area contributed by atoms with Crippen LogP contribution >= 0.6 is 0 Å². The van der Waals surface area contributed by atoms with E-state index in [1.54, 1.807) is 0 Å². The minimum Gasteiger partial charge on any atom is -0.347 e. The maximum Gasteiger partial charge on any atom is 0.168 e. The molecule has 0 bridgehead atoms. The summed E-state index contributed by atoms with van der Waals surface area (Å²) >= 11 is 0. The van der Waals surface area contributed by atoms with Gasteiger partial charge in [0.1, 0.15) is 0 Å². The van der Waals surface area contributed by atoms with Crippen LogP contribution in [0.25, 0.3) is 0 Å². The lowest BCUT2D eigenvalue weighted by atomic mass is 9.78. The molecule has 0 aromatic carbocycles. The van der Waals surface area contributed by atoms with Crippen molar-refractivity contribution < 1.29 is 9.47 Å². The largest absolute Gasteiger partial charge is 0.347 e. The first-order valence-corrected chi connectivity index (χ1v) is 8.54. The molecule has 4 aliphatic rings. The molecule has 4 fully saturated rings. The van der Waals surface area contributed by atoms with Crippen molar-refractivity contribution in [2.24, 2.45) is 17.6 Å². The van der Waals surface area contributed by atoms with Gasteiger partial charge in [-0.3, -0.25) is 0 Å². The van der Waals surface area contributed by atoms with Crippen LogP contribution in [-0.2, 0) is 9.47 Å². The molecule has 4 unspecified atom stereocenters. The fourth-order valence-electron chi connectivity index (χ4n) is 4.93. The summed E-state index contributed by atoms with van der Waals surface area (Å²) in [6.07, 6.45) is 8.92. The van der Waals surface area contributed by atoms with Crippen molar-refractivity contribution in [3.63, 3.8) is 0 Å². The third-order valence-electron chi connectivity index (χ3n) is 5.97. The van der Waals surface area contributed by atoms with E-state index in [1.807, 2.05) is 0 Å². The third kappa shape index (κ3) is 2.41. The Morgan fingerprint density at radius 3 is 2.75 bits per heavy atom. The second-order valence-corrected chi connectivity index (χ2v) is 7.41. The molecule has 4 nitrogen and oxygen atoms in total. The highest BCUT2D eigenvalue weighted by Crippen LogP contribution is 2.40. The quantitative estimate of drug-likeness (QED) is 0.837. The van der Waals surface area contributed by atoms with Gasteiger partial charge in [0.2, 0.25) is 0 Å². The van der Waals surface area contributed by atoms with E-state index in [4.69, 9.17) is 15.2 Å². The molecule has 0 radical (unpaired) electrons. The van der Waals surface area contributed by atoms with Gasteiger partial charge in [0.25, 0.3) is 0 Å². The molecule has 4 rings (SSSR count). The topological polar surface area (TPSA) is 47.7 Å². The molecule has 114 valence electrons. The number of hydrogen-bond donors (Lipinski definition) is 1. The molecule has 2 aliphatic heterocycles. The van der Waals surface area contributed by atoms with Gasteiger partial charge in [0, 0.05) is 38.5 Å². The number of hydrogen-bond acceptors (Lipinski definition) is 4. The fraction of sp³-hybridized carbons (Fsp3) is 1.00. The van der Waals surface area contributed by atoms with E-state index in [0.29, 0.717) is 6.04 Å². The highest BCUT2D eigenvalue weighted by molar-refractivity contribution is 4.94. The Hall–Kier alpha value is -0.160. The average Bonchev–Trinajstić information content (AvgIpc) is 3.13. The van der Waals surface area contributed by atoms with E-state index in [9.17, 15) is 0 Å². The Labute approximate surface area is 122 Å². The zero-order chi connectivity index (χ0) is 13.6. The molecular weight excluding hydrogens is 252 g/mol. The van der Waals surface area contributed by atoms with Crippen molar-refractivity contribution in [3.05, 3.63) is 0 Å². The van der Waals surface area contributed by atoms with Crippen molar-refractivity contribution in [1.29, 1.82) is 0 Å². The van der Waals surface area contributed by atoms with Gasteiger partial charge >= 0.3 is 0 Å². The number of fused-ring (bicyclic) bond motifs is 1. The normalized spacial score (nSPS) is 44.2. The Bertz CT molecular complexity index is 356. The zero-order valence-electron chi connectivity index (χ0n) is 12.4. The monoisotopic (exact) mass is 280 g/mol. The molecule has 4 atom stereocenters. The zero-order valence-corrected chi connectivity index (χ0v) is 12.4. The van der Waals surface area contributed by atoms with E-state index < -0.39 is 0 Å². The van der Waals surface area contributed by atoms with Crippen LogP contribution in [0.3, 0.4) is 0 Å². The molecular formula is C16H28N2O2. The van der Waals surface area contributed by atoms with Gasteiger partial charge in [-0.1, -0.05) is 6.42 Å². The van der Waals surface area contributed by atoms with E-state index in [0.717, 1.165) is 37.8 Å². The number of rotatable bonds is 2. The van der Waals surface area contributed by atoms with Gasteiger partial charge in [-0.25, -0.2) is 0 Å². The van der Waals surface area contributed by atoms with Crippen molar-refractivity contribution in [2.45, 2.75) is 62.9 Å². The predicted octanol–water partition coefficient (Wildman–Crippen LogP) is 1.73. The maximum atomic E-state index is 6.30. The highest BCUT2D eigenvalue weighted by atomic mass is 16.7. The first-order valence-electron chi connectivity index (χ1n) is 8.54. The van der Waals surface area contributed by atoms with Crippen LogP contribution in [0.5, 0.6) is 0 Å². The molecule has 1 spiro atoms. The SMILES string of the molecule is NC1CCCC2CN(CC3COC4(CCCC4)O3)CC12. The molecule has 2 aliphatic carbocycles. The first-order chi connectivity index (χ1) is 9.74. The van der Waals surface area contributed by atoms with Crippen LogP contribution in [0.15, 0.2) is 0 Å². The van der Waals surface area contributed by atoms with Gasteiger partial charge in [0.05, 0.1) is 12.7 Å². The fourth-order valence-corrected chi connectivity index (χ4v) is 4.93. The van der Waals surface area contributed by atoms with Crippen molar-refractivity contribution in [1.82, 2.24) is 4.90 Å². The van der Waals surface area contributed by atoms with Gasteiger partial charge in [-0.2, -0.15) is 0 Å². The van der Waals surface area contributed by atoms with Crippen LogP contribution in [0.4, 0.5) is 0 Å². The van der Waals surface area contributed by atoms with Crippen LogP contribution in [0.2, 0.25) is 0 Å². The summed E-state index contributed by atoms with van der Waals surface area (Å²) in [5.74, 6) is 1.36. The Morgan fingerprint density at radius 1 is 1.10 bits per heavy atom. The Morgan fingerprint density at radius 2 is 1.95 bits per heavy atom. The second-order valence-electron chi connectivity index (χ2n) is 7.41. The smallest absolute Gasteiger partial charge is 0.168 e. The minimum atomic E-state index is -0.201. The lowest BCUT2D eigenvalue weighted by Crippen LogP contribution is -2.38. The molecule has 20 heavy (non-hydrogen) atoms. The highest BCUT2D eigenvalue weighted by Gasteiger charge is 2.45. The third-order valence-corrected chi connectivity index (χ3v) is 5.97. The van der Waals surface area contributed by atoms with Crippen LogP contribution in [0.1, 0.15) is 44.9 Å². The maximum absolute atomic E-state index is 6.30. The summed E-state index contributed by atoms with van der Waals surface area (Å²) in [6.45, 7) is 4.24. The van der Waals surface area contributed by atoms with E-state index >= 15 is 0 Å². The molecule has 2 heterocycles. The van der Waals surface area contributed by atoms with Gasteiger partial charge in [-0.05, 0) is 37.5 Å². The molecule has 2 N–H and O–H groups in total. The summed E-state index contributed by atoms with van der Waals surface area (Å²) in [7, 11) is 0. The summed E-state index contributed by atoms with van der Waals surface area (Å²) in [5, 5.41) is 0. The summed E-state index contributed by atoms with van der Waals surface area (Å²) in [4.78, 5) is 2.59. The standard InChI is InChI=1S/C16H28N2O2/c17-15-5-3-4-12-8-18(10-14(12)15)9-13-11-19-16(20-13)6-1-2-7-16/h12-15H,1-11,17H2. The summed E-state index contributed by atoms with van der Waals surface area (Å²) < 4.78 is 12.2. The van der Waals surface area contributed by atoms with Crippen LogP contribution < -0.4 is 5.73 Å². The van der Waals surface area contributed by atoms with Crippen molar-refractivity contribution in [3.8, 4) is 0 Å². The van der Waals surface area contributed by atoms with Crippen LogP contribution in [-0.4, -0.2) is 49.1 Å². The predicted molar refractivity (Wildman–Crippen MR) is 77.3 cm³/mol. The molecule has 0 aromatic heterocycles. The first kappa shape index (κ1) is 13.5. The molecule has 4 heteroatoms. The Balaban J connectivity index is 1.32. The van der Waals surface area contributed by atoms with Gasteiger partial charge < -0.3 is 20.1 Å². The molecule has 2 saturated carbocycles. The number of ether oxygens (including phenoxy) is 2. The minimum absolute atomic E-state index is 0.201. The lowest BCUT2D eigenvalue weighted by Gasteiger charge is -2.30. The van der Waals surface area contributed by atoms with E-state index in [2.05, 4.69) is 4.90 Å². The lowest BCUT2D eigenvalue weighted by molar-refractivity contribution is -0.163. The summed E-state index contributed by atoms with van der Waals surface area (Å²) in [5.41, 5.74) is 6.30. The van der Waals surface area contributed by atoms with Crippen molar-refractivity contribution >= 4 is 0 Å². The number of likely N-dealkylation sites (tertiary alicyclic amines) is 1. The van der Waals surface area contributed by atoms with Gasteiger partial charge in [0.15, 0.2) is 5.79 Å². The molecule has 0 aromatic rings. The van der Waals surface area contributed by atoms with Crippen molar-refractivity contribution in [2.75, 3.05) is 26.2 Å². The molecule has 2 saturated heterocycles. The van der Waals surface area contributed by atoms with E-state index in [-0.39, 0.29) is 11.9 Å². The Kier molecular flexibility index (Phi) is 3.53. The second kappa shape index (κ2) is 5.24.